The zero-order valence-corrected chi connectivity index (χ0v) is 23.6. The summed E-state index contributed by atoms with van der Waals surface area (Å²) in [5.41, 5.74) is 4.73. The van der Waals surface area contributed by atoms with Crippen LogP contribution in [-0.4, -0.2) is 37.0 Å². The number of phenolic OH excluding ortho intramolecular Hbond substituents is 4. The van der Waals surface area contributed by atoms with Crippen LogP contribution in [0.3, 0.4) is 0 Å². The van der Waals surface area contributed by atoms with Gasteiger partial charge < -0.3 is 25.4 Å². The Hall–Kier alpha value is -5.11. The number of carbonyl (C=O) groups is 2. The van der Waals surface area contributed by atoms with E-state index in [4.69, 9.17) is 0 Å². The van der Waals surface area contributed by atoms with E-state index in [2.05, 4.69) is 4.98 Å². The number of fused-ring (bicyclic) bond motifs is 1. The Balaban J connectivity index is 1.75. The van der Waals surface area contributed by atoms with Crippen LogP contribution in [0.15, 0.2) is 54.6 Å². The number of aromatic amines is 1. The van der Waals surface area contributed by atoms with Crippen molar-refractivity contribution < 1.29 is 34.4 Å². The van der Waals surface area contributed by atoms with Gasteiger partial charge in [-0.05, 0) is 91.9 Å². The summed E-state index contributed by atoms with van der Waals surface area (Å²) in [6.07, 6.45) is -0.0167. The molecular formula is C34H30FNO6. The quantitative estimate of drug-likeness (QED) is 0.135. The maximum atomic E-state index is 13.6. The van der Waals surface area contributed by atoms with Gasteiger partial charge in [0.1, 0.15) is 28.8 Å². The van der Waals surface area contributed by atoms with Gasteiger partial charge in [0.15, 0.2) is 11.6 Å². The van der Waals surface area contributed by atoms with Gasteiger partial charge in [0, 0.05) is 40.6 Å². The first-order valence-corrected chi connectivity index (χ1v) is 13.4. The molecule has 5 rings (SSSR count). The van der Waals surface area contributed by atoms with Crippen molar-refractivity contribution in [2.45, 2.75) is 40.5 Å². The van der Waals surface area contributed by atoms with Crippen LogP contribution >= 0.6 is 0 Å². The summed E-state index contributed by atoms with van der Waals surface area (Å²) in [5, 5.41) is 44.6. The fraction of sp³-hybridized carbons (Fsp3) is 0.176. The van der Waals surface area contributed by atoms with Gasteiger partial charge in [0.2, 0.25) is 0 Å². The molecule has 4 aromatic carbocycles. The van der Waals surface area contributed by atoms with Gasteiger partial charge >= 0.3 is 0 Å². The van der Waals surface area contributed by atoms with E-state index in [1.165, 1.54) is 38.1 Å². The molecule has 5 aromatic rings. The number of H-pyrrole nitrogens is 1. The van der Waals surface area contributed by atoms with Gasteiger partial charge in [0.25, 0.3) is 0 Å². The molecule has 0 saturated heterocycles. The number of hydrogen-bond acceptors (Lipinski definition) is 6. The van der Waals surface area contributed by atoms with E-state index in [9.17, 15) is 34.4 Å². The average Bonchev–Trinajstić information content (AvgIpc) is 3.29. The van der Waals surface area contributed by atoms with Crippen molar-refractivity contribution in [3.8, 4) is 34.1 Å². The lowest BCUT2D eigenvalue weighted by atomic mass is 9.91. The van der Waals surface area contributed by atoms with Gasteiger partial charge in [-0.2, -0.15) is 0 Å². The summed E-state index contributed by atoms with van der Waals surface area (Å²) in [6, 6.07) is 14.5. The second-order valence-corrected chi connectivity index (χ2v) is 10.6. The van der Waals surface area contributed by atoms with Crippen molar-refractivity contribution in [1.82, 2.24) is 4.98 Å². The molecule has 1 aromatic heterocycles. The number of benzene rings is 4. The summed E-state index contributed by atoms with van der Waals surface area (Å²) >= 11 is 0. The molecule has 0 fully saturated rings. The molecule has 0 aliphatic rings. The van der Waals surface area contributed by atoms with E-state index in [0.29, 0.717) is 27.9 Å². The molecule has 0 spiro atoms. The normalized spacial score (nSPS) is 11.3. The third-order valence-corrected chi connectivity index (χ3v) is 7.76. The fourth-order valence-electron chi connectivity index (χ4n) is 5.44. The van der Waals surface area contributed by atoms with Crippen molar-refractivity contribution in [3.05, 3.63) is 105 Å². The average molecular weight is 568 g/mol. The SMILES string of the molecule is CC(=O)c1cc(C)c(O)c(Cc2[nH]c3ccc(-c4ccc(F)cc4)cc3c2Cc2c(O)c(C)cc(C(C)=O)c2O)c1O. The number of phenols is 4. The van der Waals surface area contributed by atoms with Gasteiger partial charge in [0.05, 0.1) is 11.1 Å². The second-order valence-electron chi connectivity index (χ2n) is 10.6. The predicted octanol–water partition coefficient (Wildman–Crippen LogP) is 7.00. The van der Waals surface area contributed by atoms with Crippen molar-refractivity contribution in [1.29, 1.82) is 0 Å². The standard InChI is InChI=1S/C34H30FNO6/c1-16-11-23(18(3)37)33(41)27(31(16)39)14-26-25-13-21(20-5-8-22(35)9-6-20)7-10-29(25)36-30(26)15-28-32(40)17(2)12-24(19(4)38)34(28)42/h5-13,36,39-42H,14-15H2,1-4H3. The molecular weight excluding hydrogens is 537 g/mol. The topological polar surface area (TPSA) is 131 Å². The Morgan fingerprint density at radius 1 is 0.667 bits per heavy atom. The maximum absolute atomic E-state index is 13.6. The number of aromatic nitrogens is 1. The van der Waals surface area contributed by atoms with E-state index in [1.807, 2.05) is 18.2 Å². The van der Waals surface area contributed by atoms with Gasteiger partial charge in [-0.3, -0.25) is 9.59 Å². The van der Waals surface area contributed by atoms with Gasteiger partial charge in [-0.15, -0.1) is 0 Å². The number of Topliss-reactive ketones (excluding diaryl/α,β-unsaturated/α-hetero) is 2. The smallest absolute Gasteiger partial charge is 0.163 e. The molecule has 42 heavy (non-hydrogen) atoms. The highest BCUT2D eigenvalue weighted by Gasteiger charge is 2.24. The van der Waals surface area contributed by atoms with Crippen LogP contribution < -0.4 is 0 Å². The zero-order chi connectivity index (χ0) is 30.5. The van der Waals surface area contributed by atoms with E-state index < -0.39 is 0 Å². The van der Waals surface area contributed by atoms with Crippen molar-refractivity contribution in [3.63, 3.8) is 0 Å². The molecule has 1 heterocycles. The molecule has 0 radical (unpaired) electrons. The minimum absolute atomic E-state index is 0.00522. The van der Waals surface area contributed by atoms with Crippen LogP contribution in [0.4, 0.5) is 4.39 Å². The first-order valence-electron chi connectivity index (χ1n) is 13.4. The summed E-state index contributed by atoms with van der Waals surface area (Å²) in [6.45, 7) is 5.94. The van der Waals surface area contributed by atoms with E-state index >= 15 is 0 Å². The van der Waals surface area contributed by atoms with Crippen molar-refractivity contribution in [2.24, 2.45) is 0 Å². The minimum Gasteiger partial charge on any atom is -0.507 e. The molecule has 0 atom stereocenters. The third kappa shape index (κ3) is 4.96. The van der Waals surface area contributed by atoms with E-state index in [0.717, 1.165) is 16.5 Å². The molecule has 7 nitrogen and oxygen atoms in total. The Morgan fingerprint density at radius 2 is 1.17 bits per heavy atom. The summed E-state index contributed by atoms with van der Waals surface area (Å²) in [7, 11) is 0. The van der Waals surface area contributed by atoms with Crippen LogP contribution in [0.2, 0.25) is 0 Å². The number of nitrogens with one attached hydrogen (secondary N) is 1. The highest BCUT2D eigenvalue weighted by Crippen LogP contribution is 2.41. The van der Waals surface area contributed by atoms with Crippen molar-refractivity contribution >= 4 is 22.5 Å². The highest BCUT2D eigenvalue weighted by molar-refractivity contribution is 5.99. The molecule has 0 unspecified atom stereocenters. The molecule has 0 saturated carbocycles. The van der Waals surface area contributed by atoms with Gasteiger partial charge in [-0.1, -0.05) is 18.2 Å². The molecule has 0 amide bonds. The monoisotopic (exact) mass is 567 g/mol. The van der Waals surface area contributed by atoms with Crippen LogP contribution in [0.25, 0.3) is 22.0 Å². The lowest BCUT2D eigenvalue weighted by Gasteiger charge is -2.16. The lowest BCUT2D eigenvalue weighted by molar-refractivity contribution is 0.100. The zero-order valence-electron chi connectivity index (χ0n) is 23.6. The molecule has 8 heteroatoms. The number of carbonyl (C=O) groups excluding carboxylic acids is 2. The Kier molecular flexibility index (Phi) is 7.24. The number of rotatable bonds is 7. The van der Waals surface area contributed by atoms with E-state index in [1.54, 1.807) is 26.0 Å². The number of aromatic hydroxyl groups is 4. The number of ketones is 2. The second kappa shape index (κ2) is 10.7. The number of hydrogen-bond donors (Lipinski definition) is 5. The number of aryl methyl sites for hydroxylation is 2. The van der Waals surface area contributed by atoms with Crippen LogP contribution in [0.5, 0.6) is 23.0 Å². The fourth-order valence-corrected chi connectivity index (χ4v) is 5.44. The van der Waals surface area contributed by atoms with Gasteiger partial charge in [-0.25, -0.2) is 4.39 Å². The molecule has 0 aliphatic carbocycles. The molecule has 5 N–H and O–H groups in total. The van der Waals surface area contributed by atoms with Crippen molar-refractivity contribution in [2.75, 3.05) is 0 Å². The van der Waals surface area contributed by atoms with Crippen LogP contribution in [0, 0.1) is 19.7 Å². The highest BCUT2D eigenvalue weighted by atomic mass is 19.1. The minimum atomic E-state index is -0.362. The summed E-state index contributed by atoms with van der Waals surface area (Å²) in [5.74, 6) is -2.06. The predicted molar refractivity (Wildman–Crippen MR) is 158 cm³/mol. The Labute approximate surface area is 241 Å². The third-order valence-electron chi connectivity index (χ3n) is 7.76. The van der Waals surface area contributed by atoms with Crippen LogP contribution in [-0.2, 0) is 12.8 Å². The Bertz CT molecular complexity index is 1900. The number of halogens is 1. The Morgan fingerprint density at radius 3 is 1.69 bits per heavy atom. The molecule has 0 aliphatic heterocycles. The molecule has 214 valence electrons. The van der Waals surface area contributed by atoms with E-state index in [-0.39, 0.29) is 75.5 Å². The summed E-state index contributed by atoms with van der Waals surface area (Å²) in [4.78, 5) is 27.8. The van der Waals surface area contributed by atoms with Crippen LogP contribution in [0.1, 0.15) is 68.1 Å². The first-order chi connectivity index (χ1) is 19.9. The lowest BCUT2D eigenvalue weighted by Crippen LogP contribution is -2.03. The maximum Gasteiger partial charge on any atom is 0.163 e. The summed E-state index contributed by atoms with van der Waals surface area (Å²) < 4.78 is 13.6. The molecule has 0 bridgehead atoms. The first kappa shape index (κ1) is 28.4. The largest absolute Gasteiger partial charge is 0.507 e.